The number of carbonyl (C=O) groups is 1. The van der Waals surface area contributed by atoms with E-state index in [4.69, 9.17) is 11.6 Å². The average Bonchev–Trinajstić information content (AvgIpc) is 3.46. The highest BCUT2D eigenvalue weighted by molar-refractivity contribution is 7.93. The van der Waals surface area contributed by atoms with E-state index in [2.05, 4.69) is 10.3 Å². The quantitative estimate of drug-likeness (QED) is 0.401. The Kier molecular flexibility index (Phi) is 5.93. The predicted molar refractivity (Wildman–Crippen MR) is 115 cm³/mol. The summed E-state index contributed by atoms with van der Waals surface area (Å²) >= 11 is 7.40. The van der Waals surface area contributed by atoms with E-state index in [1.165, 1.54) is 35.0 Å². The summed E-state index contributed by atoms with van der Waals surface area (Å²) in [6, 6.07) is 8.43. The lowest BCUT2D eigenvalue weighted by atomic mass is 10.2. The van der Waals surface area contributed by atoms with Crippen molar-refractivity contribution in [2.24, 2.45) is 0 Å². The first-order valence-corrected chi connectivity index (χ1v) is 12.1. The number of hydrogen-bond donors (Lipinski definition) is 1. The maximum absolute atomic E-state index is 13.9. The Morgan fingerprint density at radius 3 is 2.68 bits per heavy atom. The van der Waals surface area contributed by atoms with Crippen LogP contribution in [0.15, 0.2) is 63.3 Å². The van der Waals surface area contributed by atoms with Crippen molar-refractivity contribution in [3.63, 3.8) is 0 Å². The van der Waals surface area contributed by atoms with Gasteiger partial charge in [0.2, 0.25) is 9.84 Å². The van der Waals surface area contributed by atoms with Crippen molar-refractivity contribution in [3.05, 3.63) is 81.4 Å². The Morgan fingerprint density at radius 2 is 2.03 bits per heavy atom. The molecule has 12 heteroatoms. The fourth-order valence-electron chi connectivity index (χ4n) is 2.79. The highest BCUT2D eigenvalue weighted by Gasteiger charge is 2.25. The zero-order valence-electron chi connectivity index (χ0n) is 15.4. The standard InChI is InChI=1S/C19H12ClF2N3O3S3/c20-13-4-3-11(6-14(13)21)9-25-10-12(31(27,28)17-2-1-5-29-17)7-15(25)18(26)24-19-23-8-16(22)30-19/h1-8,10H,9H2,(H,23,24,26). The molecule has 3 aromatic heterocycles. The van der Waals surface area contributed by atoms with Gasteiger partial charge in [0.05, 0.1) is 16.1 Å². The fourth-order valence-corrected chi connectivity index (χ4v) is 5.88. The van der Waals surface area contributed by atoms with E-state index in [9.17, 15) is 22.0 Å². The maximum Gasteiger partial charge on any atom is 0.274 e. The Morgan fingerprint density at radius 1 is 1.23 bits per heavy atom. The number of thiophene rings is 1. The lowest BCUT2D eigenvalue weighted by Gasteiger charge is -2.09. The third kappa shape index (κ3) is 4.54. The molecule has 0 bridgehead atoms. The molecular formula is C19H12ClF2N3O3S3. The molecule has 0 aliphatic heterocycles. The van der Waals surface area contributed by atoms with Gasteiger partial charge >= 0.3 is 0 Å². The summed E-state index contributed by atoms with van der Waals surface area (Å²) in [4.78, 5) is 16.4. The largest absolute Gasteiger partial charge is 0.338 e. The summed E-state index contributed by atoms with van der Waals surface area (Å²) in [6.07, 6.45) is 2.27. The molecule has 31 heavy (non-hydrogen) atoms. The first-order valence-electron chi connectivity index (χ1n) is 8.59. The summed E-state index contributed by atoms with van der Waals surface area (Å²) in [5, 5.41) is 3.46. The number of rotatable bonds is 6. The average molecular weight is 500 g/mol. The molecule has 160 valence electrons. The minimum Gasteiger partial charge on any atom is -0.338 e. The molecule has 1 amide bonds. The molecule has 0 aliphatic rings. The van der Waals surface area contributed by atoms with Gasteiger partial charge in [-0.05, 0) is 35.2 Å². The van der Waals surface area contributed by atoms with E-state index < -0.39 is 26.7 Å². The Balaban J connectivity index is 1.74. The molecule has 0 fully saturated rings. The highest BCUT2D eigenvalue weighted by atomic mass is 35.5. The van der Waals surface area contributed by atoms with Crippen LogP contribution in [0.2, 0.25) is 5.02 Å². The zero-order valence-corrected chi connectivity index (χ0v) is 18.6. The number of sulfone groups is 1. The molecule has 3 heterocycles. The number of aromatic nitrogens is 2. The third-order valence-electron chi connectivity index (χ3n) is 4.21. The topological polar surface area (TPSA) is 81.1 Å². The number of halogens is 3. The second-order valence-corrected chi connectivity index (χ2v) is 10.8. The number of amides is 1. The second kappa shape index (κ2) is 8.50. The lowest BCUT2D eigenvalue weighted by molar-refractivity contribution is 0.101. The molecule has 0 spiro atoms. The summed E-state index contributed by atoms with van der Waals surface area (Å²) in [7, 11) is -3.86. The minimum absolute atomic E-state index is 0.00301. The van der Waals surface area contributed by atoms with E-state index >= 15 is 0 Å². The van der Waals surface area contributed by atoms with Crippen molar-refractivity contribution < 1.29 is 22.0 Å². The number of thiazole rings is 1. The number of nitrogens with zero attached hydrogens (tertiary/aromatic N) is 2. The number of anilines is 1. The van der Waals surface area contributed by atoms with Gasteiger partial charge in [0.15, 0.2) is 10.3 Å². The van der Waals surface area contributed by atoms with Gasteiger partial charge in [-0.15, -0.1) is 11.3 Å². The number of benzene rings is 1. The number of hydrogen-bond acceptors (Lipinski definition) is 6. The lowest BCUT2D eigenvalue weighted by Crippen LogP contribution is -2.17. The van der Waals surface area contributed by atoms with Crippen molar-refractivity contribution in [2.45, 2.75) is 15.6 Å². The van der Waals surface area contributed by atoms with E-state index in [-0.39, 0.29) is 31.5 Å². The molecule has 0 radical (unpaired) electrons. The van der Waals surface area contributed by atoms with Crippen LogP contribution in [0.1, 0.15) is 16.1 Å². The molecule has 0 saturated heterocycles. The van der Waals surface area contributed by atoms with Gasteiger partial charge in [-0.25, -0.2) is 17.8 Å². The monoisotopic (exact) mass is 499 g/mol. The van der Waals surface area contributed by atoms with E-state index in [0.29, 0.717) is 16.9 Å². The van der Waals surface area contributed by atoms with Gasteiger partial charge < -0.3 is 4.57 Å². The third-order valence-corrected chi connectivity index (χ3v) is 8.34. The molecule has 0 saturated carbocycles. The molecule has 6 nitrogen and oxygen atoms in total. The van der Waals surface area contributed by atoms with Crippen LogP contribution < -0.4 is 5.32 Å². The smallest absolute Gasteiger partial charge is 0.274 e. The predicted octanol–water partition coefficient (Wildman–Crippen LogP) is 5.07. The van der Waals surface area contributed by atoms with Crippen molar-refractivity contribution in [1.82, 2.24) is 9.55 Å². The van der Waals surface area contributed by atoms with Crippen LogP contribution >= 0.6 is 34.3 Å². The van der Waals surface area contributed by atoms with Crippen LogP contribution in [-0.2, 0) is 16.4 Å². The highest BCUT2D eigenvalue weighted by Crippen LogP contribution is 2.28. The molecule has 0 unspecified atom stereocenters. The van der Waals surface area contributed by atoms with Gasteiger partial charge in [0, 0.05) is 12.7 Å². The molecule has 0 atom stereocenters. The molecule has 1 N–H and O–H groups in total. The number of carbonyl (C=O) groups excluding carboxylic acids is 1. The SMILES string of the molecule is O=C(Nc1ncc(F)s1)c1cc(S(=O)(=O)c2cccs2)cn1Cc1ccc(Cl)c(F)c1. The van der Waals surface area contributed by atoms with Gasteiger partial charge in [0.1, 0.15) is 15.7 Å². The van der Waals surface area contributed by atoms with Gasteiger partial charge in [-0.1, -0.05) is 35.1 Å². The fraction of sp³-hybridized carbons (Fsp3) is 0.0526. The van der Waals surface area contributed by atoms with Crippen LogP contribution in [0.3, 0.4) is 0 Å². The van der Waals surface area contributed by atoms with Crippen molar-refractivity contribution in [2.75, 3.05) is 5.32 Å². The van der Waals surface area contributed by atoms with Gasteiger partial charge in [-0.2, -0.15) is 4.39 Å². The molecule has 1 aromatic carbocycles. The van der Waals surface area contributed by atoms with Crippen LogP contribution in [0.4, 0.5) is 13.9 Å². The molecule has 4 rings (SSSR count). The summed E-state index contributed by atoms with van der Waals surface area (Å²) < 4.78 is 54.4. The van der Waals surface area contributed by atoms with Crippen LogP contribution in [0.5, 0.6) is 0 Å². The maximum atomic E-state index is 13.9. The summed E-state index contributed by atoms with van der Waals surface area (Å²) in [5.74, 6) is -1.32. The van der Waals surface area contributed by atoms with Crippen molar-refractivity contribution in [3.8, 4) is 0 Å². The molecular weight excluding hydrogens is 488 g/mol. The van der Waals surface area contributed by atoms with E-state index in [1.807, 2.05) is 0 Å². The van der Waals surface area contributed by atoms with Gasteiger partial charge in [-0.3, -0.25) is 10.1 Å². The van der Waals surface area contributed by atoms with Gasteiger partial charge in [0.25, 0.3) is 5.91 Å². The first-order chi connectivity index (χ1) is 14.7. The summed E-state index contributed by atoms with van der Waals surface area (Å²) in [5.41, 5.74) is 0.452. The zero-order chi connectivity index (χ0) is 22.2. The second-order valence-electron chi connectivity index (χ2n) is 6.30. The normalized spacial score (nSPS) is 11.6. The Bertz CT molecular complexity index is 1370. The Labute approximate surface area is 188 Å². The van der Waals surface area contributed by atoms with Crippen LogP contribution in [0, 0.1) is 10.9 Å². The van der Waals surface area contributed by atoms with Crippen molar-refractivity contribution in [1.29, 1.82) is 0 Å². The van der Waals surface area contributed by atoms with Crippen molar-refractivity contribution >= 4 is 55.2 Å². The van der Waals surface area contributed by atoms with E-state index in [0.717, 1.165) is 17.5 Å². The minimum atomic E-state index is -3.86. The van der Waals surface area contributed by atoms with Crippen LogP contribution in [0.25, 0.3) is 0 Å². The summed E-state index contributed by atoms with van der Waals surface area (Å²) in [6.45, 7) is 0.00301. The van der Waals surface area contributed by atoms with Crippen LogP contribution in [-0.4, -0.2) is 23.9 Å². The van der Waals surface area contributed by atoms with E-state index in [1.54, 1.807) is 17.5 Å². The number of nitrogens with one attached hydrogen (secondary N) is 1. The first kappa shape index (κ1) is 21.6. The Hall–Kier alpha value is -2.60. The molecule has 4 aromatic rings. The molecule has 0 aliphatic carbocycles.